The van der Waals surface area contributed by atoms with Crippen molar-refractivity contribution in [1.82, 2.24) is 0 Å². The number of aryl methyl sites for hydroxylation is 2. The van der Waals surface area contributed by atoms with Gasteiger partial charge >= 0.3 is 0 Å². The van der Waals surface area contributed by atoms with Crippen LogP contribution in [0, 0.1) is 13.8 Å². The molecule has 0 aliphatic carbocycles. The number of ketones is 1. The van der Waals surface area contributed by atoms with E-state index < -0.39 is 0 Å². The molecule has 3 aromatic carbocycles. The van der Waals surface area contributed by atoms with E-state index >= 15 is 0 Å². The van der Waals surface area contributed by atoms with Crippen LogP contribution in [0.5, 0.6) is 11.5 Å². The SMILES string of the molecule is COc1ccc(C(=O)c2oc3ccc(NC(=O)c4ccccc4C)cc3c2C)cc1OC. The minimum absolute atomic E-state index is 0.190. The molecule has 4 rings (SSSR count). The zero-order chi connectivity index (χ0) is 22.8. The predicted octanol–water partition coefficient (Wildman–Crippen LogP) is 5.55. The van der Waals surface area contributed by atoms with Crippen molar-refractivity contribution in [3.05, 3.63) is 88.7 Å². The molecule has 0 unspecified atom stereocenters. The normalized spacial score (nSPS) is 10.8. The Morgan fingerprint density at radius 1 is 0.875 bits per heavy atom. The predicted molar refractivity (Wildman–Crippen MR) is 123 cm³/mol. The molecule has 4 aromatic rings. The first-order valence-corrected chi connectivity index (χ1v) is 10.1. The summed E-state index contributed by atoms with van der Waals surface area (Å²) >= 11 is 0. The van der Waals surface area contributed by atoms with Gasteiger partial charge in [0.2, 0.25) is 5.78 Å². The van der Waals surface area contributed by atoms with Gasteiger partial charge in [-0.2, -0.15) is 0 Å². The highest BCUT2D eigenvalue weighted by Crippen LogP contribution is 2.32. The zero-order valence-corrected chi connectivity index (χ0v) is 18.3. The second kappa shape index (κ2) is 8.59. The molecule has 1 amide bonds. The summed E-state index contributed by atoms with van der Waals surface area (Å²) in [5, 5.41) is 3.68. The molecule has 0 aliphatic heterocycles. The Morgan fingerprint density at radius 3 is 2.34 bits per heavy atom. The van der Waals surface area contributed by atoms with Crippen molar-refractivity contribution >= 4 is 28.3 Å². The Labute approximate surface area is 185 Å². The molecule has 0 saturated heterocycles. The average molecular weight is 429 g/mol. The maximum atomic E-state index is 13.1. The van der Waals surface area contributed by atoms with E-state index in [0.29, 0.717) is 39.5 Å². The second-order valence-corrected chi connectivity index (χ2v) is 7.44. The Balaban J connectivity index is 1.65. The van der Waals surface area contributed by atoms with Crippen molar-refractivity contribution in [2.75, 3.05) is 19.5 Å². The fraction of sp³-hybridized carbons (Fsp3) is 0.154. The molecule has 0 saturated carbocycles. The molecule has 1 aromatic heterocycles. The number of furan rings is 1. The van der Waals surface area contributed by atoms with Gasteiger partial charge in [0.1, 0.15) is 5.58 Å². The number of benzene rings is 3. The van der Waals surface area contributed by atoms with Crippen molar-refractivity contribution in [3.63, 3.8) is 0 Å². The minimum Gasteiger partial charge on any atom is -0.493 e. The van der Waals surface area contributed by atoms with E-state index in [2.05, 4.69) is 5.32 Å². The first kappa shape index (κ1) is 21.2. The summed E-state index contributed by atoms with van der Waals surface area (Å²) in [5.41, 5.74) is 3.83. The summed E-state index contributed by atoms with van der Waals surface area (Å²) in [6.45, 7) is 3.72. The maximum absolute atomic E-state index is 13.1. The lowest BCUT2D eigenvalue weighted by atomic mass is 10.0. The molecule has 6 nitrogen and oxygen atoms in total. The number of amides is 1. The molecule has 162 valence electrons. The van der Waals surface area contributed by atoms with Gasteiger partial charge in [-0.15, -0.1) is 0 Å². The Morgan fingerprint density at radius 2 is 1.62 bits per heavy atom. The van der Waals surface area contributed by atoms with Crippen LogP contribution in [-0.4, -0.2) is 25.9 Å². The molecule has 32 heavy (non-hydrogen) atoms. The summed E-state index contributed by atoms with van der Waals surface area (Å²) in [7, 11) is 3.06. The molecule has 1 N–H and O–H groups in total. The number of carbonyl (C=O) groups excluding carboxylic acids is 2. The molecule has 6 heteroatoms. The van der Waals surface area contributed by atoms with Gasteiger partial charge in [0.15, 0.2) is 17.3 Å². The van der Waals surface area contributed by atoms with Gasteiger partial charge in [-0.1, -0.05) is 18.2 Å². The molecule has 1 heterocycles. The molecule has 0 bridgehead atoms. The van der Waals surface area contributed by atoms with Gasteiger partial charge in [-0.25, -0.2) is 0 Å². The van der Waals surface area contributed by atoms with E-state index in [1.54, 1.807) is 36.4 Å². The molecule has 0 spiro atoms. The van der Waals surface area contributed by atoms with Gasteiger partial charge < -0.3 is 19.2 Å². The van der Waals surface area contributed by atoms with Crippen LogP contribution in [0.4, 0.5) is 5.69 Å². The third-order valence-corrected chi connectivity index (χ3v) is 5.44. The number of ether oxygens (including phenoxy) is 2. The highest BCUT2D eigenvalue weighted by molar-refractivity contribution is 6.11. The molecular weight excluding hydrogens is 406 g/mol. The summed E-state index contributed by atoms with van der Waals surface area (Å²) in [5.74, 6) is 0.803. The van der Waals surface area contributed by atoms with Crippen LogP contribution in [-0.2, 0) is 0 Å². The lowest BCUT2D eigenvalue weighted by Crippen LogP contribution is -2.13. The van der Waals surface area contributed by atoms with Crippen molar-refractivity contribution in [2.45, 2.75) is 13.8 Å². The van der Waals surface area contributed by atoms with Crippen LogP contribution >= 0.6 is 0 Å². The fourth-order valence-electron chi connectivity index (χ4n) is 3.65. The number of carbonyl (C=O) groups is 2. The number of methoxy groups -OCH3 is 2. The van der Waals surface area contributed by atoms with Crippen molar-refractivity contribution in [2.24, 2.45) is 0 Å². The first-order valence-electron chi connectivity index (χ1n) is 10.1. The third-order valence-electron chi connectivity index (χ3n) is 5.44. The van der Waals surface area contributed by atoms with Crippen LogP contribution in [0.3, 0.4) is 0 Å². The van der Waals surface area contributed by atoms with E-state index in [1.165, 1.54) is 14.2 Å². The molecule has 0 radical (unpaired) electrons. The number of hydrogen-bond donors (Lipinski definition) is 1. The van der Waals surface area contributed by atoms with E-state index in [4.69, 9.17) is 13.9 Å². The van der Waals surface area contributed by atoms with Crippen LogP contribution in [0.1, 0.15) is 37.6 Å². The van der Waals surface area contributed by atoms with E-state index in [0.717, 1.165) is 10.9 Å². The van der Waals surface area contributed by atoms with Crippen molar-refractivity contribution in [1.29, 1.82) is 0 Å². The number of fused-ring (bicyclic) bond motifs is 1. The highest BCUT2D eigenvalue weighted by atomic mass is 16.5. The van der Waals surface area contributed by atoms with Crippen LogP contribution in [0.25, 0.3) is 11.0 Å². The molecule has 0 aliphatic rings. The zero-order valence-electron chi connectivity index (χ0n) is 18.3. The van der Waals surface area contributed by atoms with E-state index in [1.807, 2.05) is 38.1 Å². The molecule has 0 atom stereocenters. The Kier molecular flexibility index (Phi) is 5.69. The number of nitrogens with one attached hydrogen (secondary N) is 1. The second-order valence-electron chi connectivity index (χ2n) is 7.44. The summed E-state index contributed by atoms with van der Waals surface area (Å²) in [6.07, 6.45) is 0. The Bertz CT molecular complexity index is 1340. The van der Waals surface area contributed by atoms with Crippen LogP contribution < -0.4 is 14.8 Å². The quantitative estimate of drug-likeness (QED) is 0.407. The largest absolute Gasteiger partial charge is 0.493 e. The smallest absolute Gasteiger partial charge is 0.255 e. The molecule has 0 fully saturated rings. The lowest BCUT2D eigenvalue weighted by Gasteiger charge is -2.08. The highest BCUT2D eigenvalue weighted by Gasteiger charge is 2.21. The summed E-state index contributed by atoms with van der Waals surface area (Å²) in [4.78, 5) is 25.8. The van der Waals surface area contributed by atoms with Gasteiger partial charge in [0.05, 0.1) is 14.2 Å². The number of anilines is 1. The monoisotopic (exact) mass is 429 g/mol. The average Bonchev–Trinajstić information content (AvgIpc) is 3.14. The van der Waals surface area contributed by atoms with Gasteiger partial charge in [-0.05, 0) is 61.9 Å². The van der Waals surface area contributed by atoms with E-state index in [-0.39, 0.29) is 17.5 Å². The van der Waals surface area contributed by atoms with Gasteiger partial charge in [-0.3, -0.25) is 9.59 Å². The van der Waals surface area contributed by atoms with E-state index in [9.17, 15) is 9.59 Å². The van der Waals surface area contributed by atoms with Crippen LogP contribution in [0.2, 0.25) is 0 Å². The number of hydrogen-bond acceptors (Lipinski definition) is 5. The standard InChI is InChI=1S/C26H23NO5/c1-15-7-5-6-8-19(15)26(29)27-18-10-12-21-20(14-18)16(2)25(32-21)24(28)17-9-11-22(30-3)23(13-17)31-4/h5-14H,1-4H3,(H,27,29). The maximum Gasteiger partial charge on any atom is 0.255 e. The topological polar surface area (TPSA) is 77.8 Å². The number of rotatable bonds is 6. The Hall–Kier alpha value is -4.06. The van der Waals surface area contributed by atoms with Crippen molar-refractivity contribution < 1.29 is 23.5 Å². The summed E-state index contributed by atoms with van der Waals surface area (Å²) < 4.78 is 16.4. The van der Waals surface area contributed by atoms with Gasteiger partial charge in [0.25, 0.3) is 5.91 Å². The first-order chi connectivity index (χ1) is 15.4. The molecular formula is C26H23NO5. The third kappa shape index (κ3) is 3.83. The summed E-state index contributed by atoms with van der Waals surface area (Å²) in [6, 6.07) is 17.7. The lowest BCUT2D eigenvalue weighted by molar-refractivity contribution is 0.101. The van der Waals surface area contributed by atoms with Crippen molar-refractivity contribution in [3.8, 4) is 11.5 Å². The fourth-order valence-corrected chi connectivity index (χ4v) is 3.65. The minimum atomic E-state index is -0.259. The van der Waals surface area contributed by atoms with Crippen LogP contribution in [0.15, 0.2) is 65.1 Å². The van der Waals surface area contributed by atoms with Gasteiger partial charge in [0, 0.05) is 27.8 Å².